The number of fused-ring (bicyclic) bond motifs is 1. The Bertz CT molecular complexity index is 1170. The smallest absolute Gasteiger partial charge is 0.294 e. The molecule has 1 heterocycles. The monoisotopic (exact) mass is 432 g/mol. The quantitative estimate of drug-likeness (QED) is 0.600. The lowest BCUT2D eigenvalue weighted by atomic mass is 10.1. The Balaban J connectivity index is 1.54. The van der Waals surface area contributed by atoms with Gasteiger partial charge in [0.15, 0.2) is 11.5 Å². The van der Waals surface area contributed by atoms with E-state index in [1.807, 2.05) is 24.3 Å². The van der Waals surface area contributed by atoms with Crippen LogP contribution in [0, 0.1) is 5.82 Å². The van der Waals surface area contributed by atoms with E-state index in [9.17, 15) is 14.0 Å². The van der Waals surface area contributed by atoms with Crippen molar-refractivity contribution in [2.24, 2.45) is 0 Å². The Labute approximate surface area is 184 Å². The number of amides is 2. The molecule has 0 saturated carbocycles. The van der Waals surface area contributed by atoms with Crippen LogP contribution in [0.2, 0.25) is 0 Å². The minimum absolute atomic E-state index is 0.0489. The van der Waals surface area contributed by atoms with Gasteiger partial charge in [0, 0.05) is 12.1 Å². The van der Waals surface area contributed by atoms with Gasteiger partial charge in [-0.25, -0.2) is 4.39 Å². The maximum Gasteiger partial charge on any atom is 0.294 e. The predicted molar refractivity (Wildman–Crippen MR) is 119 cm³/mol. The summed E-state index contributed by atoms with van der Waals surface area (Å²) in [7, 11) is 1.57. The number of hydrogen-bond donors (Lipinski definition) is 1. The number of hydrogen-bond acceptors (Lipinski definition) is 4. The Hall–Kier alpha value is -4.13. The van der Waals surface area contributed by atoms with E-state index < -0.39 is 5.91 Å². The lowest BCUT2D eigenvalue weighted by Crippen LogP contribution is -2.44. The van der Waals surface area contributed by atoms with Crippen molar-refractivity contribution in [1.29, 1.82) is 0 Å². The van der Waals surface area contributed by atoms with Crippen molar-refractivity contribution in [3.8, 4) is 11.5 Å². The van der Waals surface area contributed by atoms with E-state index in [1.165, 1.54) is 23.1 Å². The van der Waals surface area contributed by atoms with E-state index in [0.29, 0.717) is 22.7 Å². The lowest BCUT2D eigenvalue weighted by Gasteiger charge is -2.30. The zero-order valence-corrected chi connectivity index (χ0v) is 17.4. The van der Waals surface area contributed by atoms with Crippen molar-refractivity contribution in [2.75, 3.05) is 18.6 Å². The van der Waals surface area contributed by atoms with Gasteiger partial charge in [0.25, 0.3) is 5.91 Å². The number of carbonyl (C=O) groups excluding carboxylic acids is 2. The molecule has 2 amide bonds. The first kappa shape index (κ1) is 21.1. The van der Waals surface area contributed by atoms with Gasteiger partial charge in [-0.05, 0) is 42.0 Å². The summed E-state index contributed by atoms with van der Waals surface area (Å²) in [5.41, 5.74) is 1.94. The molecule has 1 N–H and O–H groups in total. The highest BCUT2D eigenvalue weighted by molar-refractivity contribution is 6.12. The molecule has 0 saturated heterocycles. The largest absolute Gasteiger partial charge is 0.496 e. The molecule has 0 aromatic heterocycles. The predicted octanol–water partition coefficient (Wildman–Crippen LogP) is 3.92. The Kier molecular flexibility index (Phi) is 6.17. The van der Waals surface area contributed by atoms with Gasteiger partial charge in [-0.2, -0.15) is 0 Å². The molecule has 3 aromatic carbocycles. The van der Waals surface area contributed by atoms with Gasteiger partial charge in [-0.3, -0.25) is 14.5 Å². The fourth-order valence-corrected chi connectivity index (χ4v) is 3.37. The summed E-state index contributed by atoms with van der Waals surface area (Å²) in [5, 5.41) is 2.83. The molecule has 0 spiro atoms. The van der Waals surface area contributed by atoms with Crippen LogP contribution in [-0.2, 0) is 16.1 Å². The number of methoxy groups -OCH3 is 1. The molecule has 1 aliphatic heterocycles. The molecule has 7 heteroatoms. The van der Waals surface area contributed by atoms with E-state index in [2.05, 4.69) is 5.32 Å². The van der Waals surface area contributed by atoms with E-state index in [0.717, 1.165) is 5.56 Å². The summed E-state index contributed by atoms with van der Waals surface area (Å²) in [6, 6.07) is 20.1. The number of rotatable bonds is 6. The van der Waals surface area contributed by atoms with Gasteiger partial charge in [0.2, 0.25) is 5.91 Å². The number of para-hydroxylation sites is 3. The van der Waals surface area contributed by atoms with Gasteiger partial charge in [-0.1, -0.05) is 42.5 Å². The summed E-state index contributed by atoms with van der Waals surface area (Å²) in [6.45, 7) is 0.0798. The summed E-state index contributed by atoms with van der Waals surface area (Å²) in [5.74, 6) is 0.0141. The molecular weight excluding hydrogens is 411 g/mol. The molecule has 4 rings (SSSR count). The van der Waals surface area contributed by atoms with Crippen LogP contribution in [0.3, 0.4) is 0 Å². The summed E-state index contributed by atoms with van der Waals surface area (Å²) in [6.07, 6.45) is 1.53. The molecule has 0 radical (unpaired) electrons. The Morgan fingerprint density at radius 2 is 1.78 bits per heavy atom. The van der Waals surface area contributed by atoms with Gasteiger partial charge in [-0.15, -0.1) is 0 Å². The van der Waals surface area contributed by atoms with Gasteiger partial charge in [0.05, 0.1) is 12.8 Å². The average molecular weight is 432 g/mol. The van der Waals surface area contributed by atoms with Crippen LogP contribution in [0.25, 0.3) is 6.08 Å². The molecule has 0 fully saturated rings. The first-order valence-electron chi connectivity index (χ1n) is 10.00. The number of nitrogens with one attached hydrogen (secondary N) is 1. The SMILES string of the molecule is COc1ccccc1CNC(=O)CN1C(=O)/C(=C\c2ccc(F)cc2)Oc2ccccc21. The second-order valence-electron chi connectivity index (χ2n) is 7.11. The average Bonchev–Trinajstić information content (AvgIpc) is 2.82. The Morgan fingerprint density at radius 1 is 1.06 bits per heavy atom. The van der Waals surface area contributed by atoms with Crippen LogP contribution in [0.1, 0.15) is 11.1 Å². The summed E-state index contributed by atoms with van der Waals surface area (Å²) < 4.78 is 24.3. The van der Waals surface area contributed by atoms with Crippen molar-refractivity contribution in [3.05, 3.63) is 95.5 Å². The second kappa shape index (κ2) is 9.34. The Morgan fingerprint density at radius 3 is 2.56 bits per heavy atom. The van der Waals surface area contributed by atoms with E-state index in [4.69, 9.17) is 9.47 Å². The van der Waals surface area contributed by atoms with Crippen LogP contribution >= 0.6 is 0 Å². The molecule has 0 aliphatic carbocycles. The second-order valence-corrected chi connectivity index (χ2v) is 7.11. The highest BCUT2D eigenvalue weighted by atomic mass is 19.1. The number of nitrogens with zero attached hydrogens (tertiary/aromatic N) is 1. The van der Waals surface area contributed by atoms with Crippen molar-refractivity contribution in [2.45, 2.75) is 6.54 Å². The first-order valence-corrected chi connectivity index (χ1v) is 10.00. The molecule has 1 aliphatic rings. The minimum atomic E-state index is -0.458. The number of anilines is 1. The molecule has 0 bridgehead atoms. The molecular formula is C25H21FN2O4. The van der Waals surface area contributed by atoms with Crippen LogP contribution in [0.15, 0.2) is 78.6 Å². The normalized spacial score (nSPS) is 14.0. The zero-order chi connectivity index (χ0) is 22.5. The fourth-order valence-electron chi connectivity index (χ4n) is 3.37. The van der Waals surface area contributed by atoms with Gasteiger partial charge < -0.3 is 14.8 Å². The zero-order valence-electron chi connectivity index (χ0n) is 17.4. The first-order chi connectivity index (χ1) is 15.5. The third-order valence-electron chi connectivity index (χ3n) is 4.97. The van der Waals surface area contributed by atoms with Crippen molar-refractivity contribution in [3.63, 3.8) is 0 Å². The van der Waals surface area contributed by atoms with Crippen molar-refractivity contribution >= 4 is 23.6 Å². The molecule has 0 atom stereocenters. The van der Waals surface area contributed by atoms with Crippen LogP contribution < -0.4 is 19.7 Å². The van der Waals surface area contributed by atoms with E-state index in [1.54, 1.807) is 43.5 Å². The number of halogens is 1. The topological polar surface area (TPSA) is 67.9 Å². The van der Waals surface area contributed by atoms with E-state index in [-0.39, 0.29) is 30.6 Å². The molecule has 3 aromatic rings. The lowest BCUT2D eigenvalue weighted by molar-refractivity contribution is -0.123. The van der Waals surface area contributed by atoms with Crippen molar-refractivity contribution in [1.82, 2.24) is 5.32 Å². The molecule has 32 heavy (non-hydrogen) atoms. The highest BCUT2D eigenvalue weighted by Gasteiger charge is 2.31. The van der Waals surface area contributed by atoms with Gasteiger partial charge in [0.1, 0.15) is 18.1 Å². The van der Waals surface area contributed by atoms with Gasteiger partial charge >= 0.3 is 0 Å². The molecule has 162 valence electrons. The summed E-state index contributed by atoms with van der Waals surface area (Å²) >= 11 is 0. The highest BCUT2D eigenvalue weighted by Crippen LogP contribution is 2.35. The number of ether oxygens (including phenoxy) is 2. The maximum atomic E-state index is 13.2. The maximum absolute atomic E-state index is 13.2. The third-order valence-corrected chi connectivity index (χ3v) is 4.97. The van der Waals surface area contributed by atoms with Crippen LogP contribution in [-0.4, -0.2) is 25.5 Å². The van der Waals surface area contributed by atoms with Crippen LogP contribution in [0.5, 0.6) is 11.5 Å². The van der Waals surface area contributed by atoms with Crippen LogP contribution in [0.4, 0.5) is 10.1 Å². The minimum Gasteiger partial charge on any atom is -0.496 e. The van der Waals surface area contributed by atoms with E-state index >= 15 is 0 Å². The third kappa shape index (κ3) is 4.62. The fraction of sp³-hybridized carbons (Fsp3) is 0.120. The number of carbonyl (C=O) groups is 2. The number of benzene rings is 3. The standard InChI is InChI=1S/C25H21FN2O4/c1-31-21-8-4-2-6-18(21)15-27-24(29)16-28-20-7-3-5-9-22(20)32-23(25(28)30)14-17-10-12-19(26)13-11-17/h2-14H,15-16H2,1H3,(H,27,29)/b23-14+. The molecule has 0 unspecified atom stereocenters. The summed E-state index contributed by atoms with van der Waals surface area (Å²) in [4.78, 5) is 27.2. The molecule has 6 nitrogen and oxygen atoms in total. The van der Waals surface area contributed by atoms with Crippen molar-refractivity contribution < 1.29 is 23.5 Å².